The van der Waals surface area contributed by atoms with Gasteiger partial charge in [-0.05, 0) is 40.3 Å². The number of hydrogen-bond donors (Lipinski definition) is 0. The standard InChI is InChI=1S/C20H28O3S.BH3.Fe/c1-8-23-24(21,22)18-13-16(20(5,6)7)12-14-11-15(19(2,3)4)9-10-17(14)18;;/h9-13H,8H2,1-7H3;1H3;. The van der Waals surface area contributed by atoms with Crippen molar-refractivity contribution in [1.82, 2.24) is 0 Å². The van der Waals surface area contributed by atoms with E-state index in [1.54, 1.807) is 13.0 Å². The third-order valence-electron chi connectivity index (χ3n) is 4.19. The molecule has 2 aromatic carbocycles. The molecule has 0 aliphatic heterocycles. The first-order chi connectivity index (χ1) is 10.9. The van der Waals surface area contributed by atoms with Crippen LogP contribution in [0.2, 0.25) is 0 Å². The van der Waals surface area contributed by atoms with Crippen molar-refractivity contribution in [2.45, 2.75) is 64.2 Å². The minimum atomic E-state index is -3.77. The van der Waals surface area contributed by atoms with E-state index < -0.39 is 10.1 Å². The maximum atomic E-state index is 12.6. The Morgan fingerprint density at radius 3 is 1.85 bits per heavy atom. The van der Waals surface area contributed by atoms with E-state index in [0.717, 1.165) is 10.9 Å². The fourth-order valence-electron chi connectivity index (χ4n) is 2.66. The van der Waals surface area contributed by atoms with Gasteiger partial charge in [0.05, 0.1) is 15.0 Å². The molecule has 0 bridgehead atoms. The number of rotatable bonds is 3. The second kappa shape index (κ2) is 8.47. The van der Waals surface area contributed by atoms with Gasteiger partial charge < -0.3 is 0 Å². The average Bonchev–Trinajstić information content (AvgIpc) is 2.43. The van der Waals surface area contributed by atoms with Crippen molar-refractivity contribution in [1.29, 1.82) is 0 Å². The molecule has 0 aliphatic carbocycles. The first kappa shape index (κ1) is 25.2. The van der Waals surface area contributed by atoms with Crippen LogP contribution >= 0.6 is 0 Å². The predicted molar refractivity (Wildman–Crippen MR) is 110 cm³/mol. The molecule has 6 heteroatoms. The first-order valence-electron chi connectivity index (χ1n) is 8.34. The van der Waals surface area contributed by atoms with Crippen LogP contribution in [0.25, 0.3) is 10.8 Å². The molecular weight excluding hydrogens is 387 g/mol. The molecule has 0 unspecified atom stereocenters. The second-order valence-corrected chi connectivity index (χ2v) is 9.85. The first-order valence-corrected chi connectivity index (χ1v) is 9.75. The fraction of sp³-hybridized carbons (Fsp3) is 0.500. The van der Waals surface area contributed by atoms with Crippen molar-refractivity contribution in [3.8, 4) is 0 Å². The summed E-state index contributed by atoms with van der Waals surface area (Å²) in [5.74, 6) is 0. The summed E-state index contributed by atoms with van der Waals surface area (Å²) in [6, 6.07) is 9.84. The summed E-state index contributed by atoms with van der Waals surface area (Å²) in [7, 11) is -3.77. The van der Waals surface area contributed by atoms with Gasteiger partial charge in [-0.1, -0.05) is 65.8 Å². The Labute approximate surface area is 171 Å². The van der Waals surface area contributed by atoms with Crippen molar-refractivity contribution < 1.29 is 29.7 Å². The van der Waals surface area contributed by atoms with Gasteiger partial charge in [0.15, 0.2) is 0 Å². The molecule has 146 valence electrons. The molecule has 0 saturated carbocycles. The van der Waals surface area contributed by atoms with E-state index in [4.69, 9.17) is 4.18 Å². The van der Waals surface area contributed by atoms with Crippen LogP contribution in [0, 0.1) is 0 Å². The van der Waals surface area contributed by atoms with Gasteiger partial charge in [-0.15, -0.1) is 0 Å². The largest absolute Gasteiger partial charge is 0.297 e. The summed E-state index contributed by atoms with van der Waals surface area (Å²) in [5.41, 5.74) is 2.02. The van der Waals surface area contributed by atoms with Crippen molar-refractivity contribution in [3.63, 3.8) is 0 Å². The van der Waals surface area contributed by atoms with Crippen molar-refractivity contribution in [3.05, 3.63) is 41.5 Å². The van der Waals surface area contributed by atoms with Gasteiger partial charge in [0.2, 0.25) is 0 Å². The van der Waals surface area contributed by atoms with Gasteiger partial charge in [0.1, 0.15) is 4.90 Å². The summed E-state index contributed by atoms with van der Waals surface area (Å²) in [6.45, 7) is 14.5. The smallest absolute Gasteiger partial charge is 0.267 e. The molecular formula is C20H31BFeO3S. The fourth-order valence-corrected chi connectivity index (χ4v) is 3.82. The molecule has 0 saturated heterocycles. The SMILES string of the molecule is B.CCOS(=O)(=O)c1cc(C(C)(C)C)cc2cc(C(C)(C)C)ccc12.[Fe]. The third-order valence-corrected chi connectivity index (χ3v) is 5.61. The summed E-state index contributed by atoms with van der Waals surface area (Å²) >= 11 is 0. The molecule has 0 aromatic heterocycles. The summed E-state index contributed by atoms with van der Waals surface area (Å²) < 4.78 is 30.2. The molecule has 0 radical (unpaired) electrons. The molecule has 0 amide bonds. The molecule has 2 rings (SSSR count). The Kier molecular flexibility index (Phi) is 8.21. The maximum Gasteiger partial charge on any atom is 0.297 e. The topological polar surface area (TPSA) is 43.4 Å². The molecule has 0 heterocycles. The summed E-state index contributed by atoms with van der Waals surface area (Å²) in [6.07, 6.45) is 0. The van der Waals surface area contributed by atoms with Crippen LogP contribution in [-0.4, -0.2) is 23.4 Å². The van der Waals surface area contributed by atoms with Crippen LogP contribution in [0.4, 0.5) is 0 Å². The zero-order valence-corrected chi connectivity index (χ0v) is 18.0. The van der Waals surface area contributed by atoms with Gasteiger partial charge >= 0.3 is 0 Å². The van der Waals surface area contributed by atoms with Gasteiger partial charge in [0.25, 0.3) is 10.1 Å². The molecule has 0 atom stereocenters. The predicted octanol–water partition coefficient (Wildman–Crippen LogP) is 3.97. The van der Waals surface area contributed by atoms with Gasteiger partial charge in [-0.25, -0.2) is 0 Å². The minimum absolute atomic E-state index is 0. The Balaban J connectivity index is 0.00000312. The Bertz CT molecular complexity index is 858. The number of benzene rings is 2. The van der Waals surface area contributed by atoms with E-state index in [2.05, 4.69) is 53.7 Å². The van der Waals surface area contributed by atoms with Crippen LogP contribution < -0.4 is 0 Å². The zero-order chi connectivity index (χ0) is 18.3. The van der Waals surface area contributed by atoms with Crippen LogP contribution in [0.1, 0.15) is 59.6 Å². The molecule has 0 aliphatic rings. The van der Waals surface area contributed by atoms with Crippen LogP contribution in [-0.2, 0) is 42.2 Å². The number of hydrogen-bond acceptors (Lipinski definition) is 3. The summed E-state index contributed by atoms with van der Waals surface area (Å²) in [4.78, 5) is 0.257. The molecule has 2 aromatic rings. The Morgan fingerprint density at radius 1 is 0.885 bits per heavy atom. The van der Waals surface area contributed by atoms with Crippen LogP contribution in [0.3, 0.4) is 0 Å². The zero-order valence-electron chi connectivity index (χ0n) is 16.1. The van der Waals surface area contributed by atoms with Crippen molar-refractivity contribution >= 4 is 29.3 Å². The van der Waals surface area contributed by atoms with E-state index in [0.29, 0.717) is 5.39 Å². The number of fused-ring (bicyclic) bond motifs is 1. The summed E-state index contributed by atoms with van der Waals surface area (Å²) in [5, 5.41) is 1.65. The molecule has 0 spiro atoms. The molecule has 0 N–H and O–H groups in total. The van der Waals surface area contributed by atoms with E-state index in [9.17, 15) is 8.42 Å². The van der Waals surface area contributed by atoms with Gasteiger partial charge in [-0.2, -0.15) is 8.42 Å². The van der Waals surface area contributed by atoms with Gasteiger partial charge in [0, 0.05) is 22.5 Å². The monoisotopic (exact) mass is 418 g/mol. The maximum absolute atomic E-state index is 12.6. The molecule has 26 heavy (non-hydrogen) atoms. The normalized spacial score (nSPS) is 12.4. The van der Waals surface area contributed by atoms with Gasteiger partial charge in [-0.3, -0.25) is 4.18 Å². The third kappa shape index (κ3) is 5.35. The van der Waals surface area contributed by atoms with Crippen molar-refractivity contribution in [2.75, 3.05) is 6.61 Å². The van der Waals surface area contributed by atoms with E-state index in [1.807, 2.05) is 12.1 Å². The average molecular weight is 418 g/mol. The molecule has 3 nitrogen and oxygen atoms in total. The van der Waals surface area contributed by atoms with Crippen molar-refractivity contribution in [2.24, 2.45) is 0 Å². The quantitative estimate of drug-likeness (QED) is 0.560. The Morgan fingerprint density at radius 2 is 1.38 bits per heavy atom. The molecule has 0 fully saturated rings. The van der Waals surface area contributed by atoms with E-state index in [1.165, 1.54) is 5.56 Å². The van der Waals surface area contributed by atoms with E-state index in [-0.39, 0.29) is 47.8 Å². The Hall–Kier alpha value is -0.806. The van der Waals surface area contributed by atoms with Crippen LogP contribution in [0.15, 0.2) is 35.2 Å². The van der Waals surface area contributed by atoms with Crippen LogP contribution in [0.5, 0.6) is 0 Å². The minimum Gasteiger partial charge on any atom is -0.267 e. The second-order valence-electron chi connectivity index (χ2n) is 8.27. The van der Waals surface area contributed by atoms with E-state index >= 15 is 0 Å².